The van der Waals surface area contributed by atoms with Crippen molar-refractivity contribution < 1.29 is 0 Å². The maximum Gasteiger partial charge on any atom is -0.0190 e. The third-order valence-corrected chi connectivity index (χ3v) is 2.94. The number of rotatable bonds is 6. The Morgan fingerprint density at radius 3 is 2.47 bits per heavy atom. The summed E-state index contributed by atoms with van der Waals surface area (Å²) in [7, 11) is 0. The number of allylic oxidation sites excluding steroid dienone is 1. The second-order valence-electron chi connectivity index (χ2n) is 4.38. The summed E-state index contributed by atoms with van der Waals surface area (Å²) in [5.74, 6) is 0.690. The van der Waals surface area contributed by atoms with Gasteiger partial charge in [0.05, 0.1) is 0 Å². The van der Waals surface area contributed by atoms with Gasteiger partial charge in [0.1, 0.15) is 0 Å². The molecule has 0 spiro atoms. The van der Waals surface area contributed by atoms with E-state index < -0.39 is 0 Å². The van der Waals surface area contributed by atoms with E-state index in [0.29, 0.717) is 5.92 Å². The van der Waals surface area contributed by atoms with E-state index in [1.165, 1.54) is 30.4 Å². The van der Waals surface area contributed by atoms with E-state index in [4.69, 9.17) is 0 Å². The molecule has 0 heterocycles. The van der Waals surface area contributed by atoms with Gasteiger partial charge in [-0.05, 0) is 37.7 Å². The van der Waals surface area contributed by atoms with Crippen molar-refractivity contribution in [2.45, 2.75) is 45.4 Å². The minimum Gasteiger partial charge on any atom is -0.103 e. The molecule has 0 aromatic heterocycles. The van der Waals surface area contributed by atoms with Crippen molar-refractivity contribution in [2.24, 2.45) is 0 Å². The van der Waals surface area contributed by atoms with Gasteiger partial charge in [-0.2, -0.15) is 0 Å². The fourth-order valence-electron chi connectivity index (χ4n) is 1.80. The van der Waals surface area contributed by atoms with Crippen molar-refractivity contribution in [3.8, 4) is 0 Å². The van der Waals surface area contributed by atoms with Crippen LogP contribution in [-0.2, 0) is 0 Å². The Balaban J connectivity index is 2.36. The molecule has 1 aromatic rings. The lowest BCUT2D eigenvalue weighted by molar-refractivity contribution is 0.608. The van der Waals surface area contributed by atoms with E-state index in [1.54, 1.807) is 0 Å². The zero-order valence-corrected chi connectivity index (χ0v) is 10.00. The summed E-state index contributed by atoms with van der Waals surface area (Å²) in [6.45, 7) is 8.20. The van der Waals surface area contributed by atoms with Gasteiger partial charge >= 0.3 is 0 Å². The Hall–Kier alpha value is -1.04. The minimum absolute atomic E-state index is 0.690. The maximum atomic E-state index is 3.75. The van der Waals surface area contributed by atoms with Crippen LogP contribution in [0.1, 0.15) is 49.7 Å². The quantitative estimate of drug-likeness (QED) is 0.457. The van der Waals surface area contributed by atoms with Crippen LogP contribution in [0, 0.1) is 6.92 Å². The molecule has 0 saturated heterocycles. The topological polar surface area (TPSA) is 0 Å². The van der Waals surface area contributed by atoms with Crippen molar-refractivity contribution in [3.63, 3.8) is 0 Å². The van der Waals surface area contributed by atoms with E-state index in [9.17, 15) is 0 Å². The van der Waals surface area contributed by atoms with Crippen LogP contribution in [0.3, 0.4) is 0 Å². The summed E-state index contributed by atoms with van der Waals surface area (Å²) >= 11 is 0. The molecule has 0 fully saturated rings. The molecule has 0 nitrogen and oxygen atoms in total. The summed E-state index contributed by atoms with van der Waals surface area (Å²) in [5.41, 5.74) is 2.82. The molecule has 82 valence electrons. The number of aryl methyl sites for hydroxylation is 1. The fraction of sp³-hybridized carbons (Fsp3) is 0.467. The summed E-state index contributed by atoms with van der Waals surface area (Å²) in [5, 5.41) is 0. The summed E-state index contributed by atoms with van der Waals surface area (Å²) in [6.07, 6.45) is 7.04. The lowest BCUT2D eigenvalue weighted by Gasteiger charge is -2.11. The highest BCUT2D eigenvalue weighted by Crippen LogP contribution is 2.21. The lowest BCUT2D eigenvalue weighted by Crippen LogP contribution is -1.93. The van der Waals surface area contributed by atoms with Crippen molar-refractivity contribution >= 4 is 0 Å². The first kappa shape index (κ1) is 12.0. The van der Waals surface area contributed by atoms with Crippen LogP contribution in [-0.4, -0.2) is 0 Å². The minimum atomic E-state index is 0.690. The zero-order valence-electron chi connectivity index (χ0n) is 10.00. The van der Waals surface area contributed by atoms with Gasteiger partial charge in [0.15, 0.2) is 0 Å². The largest absolute Gasteiger partial charge is 0.103 e. The number of unbranched alkanes of at least 4 members (excludes halogenated alkanes) is 2. The highest BCUT2D eigenvalue weighted by molar-refractivity contribution is 5.23. The average molecular weight is 202 g/mol. The monoisotopic (exact) mass is 202 g/mol. The SMILES string of the molecule is C=CCCCCC(C)c1ccc(C)cc1. The number of hydrogen-bond acceptors (Lipinski definition) is 0. The van der Waals surface area contributed by atoms with Crippen LogP contribution in [0.5, 0.6) is 0 Å². The molecular formula is C15H22. The first-order chi connectivity index (χ1) is 7.24. The van der Waals surface area contributed by atoms with Gasteiger partial charge in [-0.1, -0.05) is 49.2 Å². The summed E-state index contributed by atoms with van der Waals surface area (Å²) in [6, 6.07) is 8.92. The van der Waals surface area contributed by atoms with Crippen LogP contribution >= 0.6 is 0 Å². The van der Waals surface area contributed by atoms with Gasteiger partial charge in [-0.3, -0.25) is 0 Å². The highest BCUT2D eigenvalue weighted by atomic mass is 14.1. The fourth-order valence-corrected chi connectivity index (χ4v) is 1.80. The predicted molar refractivity (Wildman–Crippen MR) is 68.3 cm³/mol. The van der Waals surface area contributed by atoms with E-state index >= 15 is 0 Å². The van der Waals surface area contributed by atoms with Gasteiger partial charge in [-0.25, -0.2) is 0 Å². The van der Waals surface area contributed by atoms with Gasteiger partial charge in [0.25, 0.3) is 0 Å². The van der Waals surface area contributed by atoms with Crippen molar-refractivity contribution in [3.05, 3.63) is 48.0 Å². The third-order valence-electron chi connectivity index (χ3n) is 2.94. The van der Waals surface area contributed by atoms with Crippen molar-refractivity contribution in [2.75, 3.05) is 0 Å². The first-order valence-electron chi connectivity index (χ1n) is 5.91. The first-order valence-corrected chi connectivity index (χ1v) is 5.91. The molecule has 0 saturated carbocycles. The van der Waals surface area contributed by atoms with E-state index in [0.717, 1.165) is 6.42 Å². The molecule has 0 aliphatic heterocycles. The van der Waals surface area contributed by atoms with E-state index in [2.05, 4.69) is 44.7 Å². The van der Waals surface area contributed by atoms with E-state index in [-0.39, 0.29) is 0 Å². The molecule has 0 aliphatic carbocycles. The standard InChI is InChI=1S/C15H22/c1-4-5-6-7-8-14(3)15-11-9-13(2)10-12-15/h4,9-12,14H,1,5-8H2,2-3H3. The molecule has 0 bridgehead atoms. The van der Waals surface area contributed by atoms with Crippen LogP contribution in [0.25, 0.3) is 0 Å². The number of benzene rings is 1. The van der Waals surface area contributed by atoms with E-state index in [1.807, 2.05) is 6.08 Å². The molecular weight excluding hydrogens is 180 g/mol. The molecule has 0 amide bonds. The molecule has 0 N–H and O–H groups in total. The van der Waals surface area contributed by atoms with Crippen LogP contribution < -0.4 is 0 Å². The Morgan fingerprint density at radius 2 is 1.87 bits per heavy atom. The van der Waals surface area contributed by atoms with Crippen molar-refractivity contribution in [1.29, 1.82) is 0 Å². The summed E-state index contributed by atoms with van der Waals surface area (Å²) < 4.78 is 0. The molecule has 1 unspecified atom stereocenters. The molecule has 15 heavy (non-hydrogen) atoms. The van der Waals surface area contributed by atoms with Gasteiger partial charge in [0.2, 0.25) is 0 Å². The molecule has 1 aromatic carbocycles. The normalized spacial score (nSPS) is 12.4. The second-order valence-corrected chi connectivity index (χ2v) is 4.38. The van der Waals surface area contributed by atoms with Crippen molar-refractivity contribution in [1.82, 2.24) is 0 Å². The molecule has 0 heteroatoms. The average Bonchev–Trinajstić information content (AvgIpc) is 2.25. The molecule has 1 atom stereocenters. The summed E-state index contributed by atoms with van der Waals surface area (Å²) in [4.78, 5) is 0. The van der Waals surface area contributed by atoms with Gasteiger partial charge in [-0.15, -0.1) is 6.58 Å². The smallest absolute Gasteiger partial charge is 0.0190 e. The van der Waals surface area contributed by atoms with Gasteiger partial charge < -0.3 is 0 Å². The Labute approximate surface area is 94.0 Å². The van der Waals surface area contributed by atoms with Gasteiger partial charge in [0, 0.05) is 0 Å². The highest BCUT2D eigenvalue weighted by Gasteiger charge is 2.03. The van der Waals surface area contributed by atoms with Crippen LogP contribution in [0.4, 0.5) is 0 Å². The predicted octanol–water partition coefficient (Wildman–Crippen LogP) is 4.84. The Morgan fingerprint density at radius 1 is 1.20 bits per heavy atom. The lowest BCUT2D eigenvalue weighted by atomic mass is 9.94. The molecule has 1 rings (SSSR count). The Bertz CT molecular complexity index is 281. The number of hydrogen-bond donors (Lipinski definition) is 0. The van der Waals surface area contributed by atoms with Crippen LogP contribution in [0.15, 0.2) is 36.9 Å². The molecule has 0 aliphatic rings. The Kier molecular flexibility index (Phi) is 5.17. The molecule has 0 radical (unpaired) electrons. The zero-order chi connectivity index (χ0) is 11.1. The van der Waals surface area contributed by atoms with Crippen LogP contribution in [0.2, 0.25) is 0 Å². The third kappa shape index (κ3) is 4.33. The second kappa shape index (κ2) is 6.44. The maximum absolute atomic E-state index is 3.75.